The van der Waals surface area contributed by atoms with Crippen LogP contribution < -0.4 is 0 Å². The number of alkyl halides is 4. The van der Waals surface area contributed by atoms with Crippen molar-refractivity contribution in [2.75, 3.05) is 0 Å². The van der Waals surface area contributed by atoms with Crippen LogP contribution in [0.2, 0.25) is 0 Å². The van der Waals surface area contributed by atoms with Gasteiger partial charge in [0.05, 0.1) is 4.83 Å². The third kappa shape index (κ3) is 2.68. The molecule has 1 fully saturated rings. The first kappa shape index (κ1) is 11.0. The molecule has 1 aliphatic rings. The fourth-order valence-electron chi connectivity index (χ4n) is 1.24. The molecule has 11 heavy (non-hydrogen) atoms. The molecule has 2 atom stereocenters. The smallest absolute Gasteiger partial charge is 0.0853 e. The van der Waals surface area contributed by atoms with Crippen molar-refractivity contribution in [1.29, 1.82) is 0 Å². The van der Waals surface area contributed by atoms with Crippen molar-refractivity contribution in [3.05, 3.63) is 0 Å². The van der Waals surface area contributed by atoms with Crippen molar-refractivity contribution in [3.8, 4) is 0 Å². The molecule has 0 nitrogen and oxygen atoms in total. The summed E-state index contributed by atoms with van der Waals surface area (Å²) in [4.78, 5) is 0.435. The van der Waals surface area contributed by atoms with E-state index in [2.05, 4.69) is 77.6 Å². The zero-order valence-electron chi connectivity index (χ0n) is 6.37. The van der Waals surface area contributed by atoms with Gasteiger partial charge in [-0.3, -0.25) is 0 Å². The van der Waals surface area contributed by atoms with E-state index >= 15 is 0 Å². The Morgan fingerprint density at radius 2 is 1.73 bits per heavy atom. The third-order valence-electron chi connectivity index (χ3n) is 2.26. The highest BCUT2D eigenvalue weighted by Crippen LogP contribution is 2.61. The maximum Gasteiger partial charge on any atom is 0.147 e. The Labute approximate surface area is 101 Å². The number of halogens is 4. The molecule has 0 saturated heterocycles. The van der Waals surface area contributed by atoms with Crippen molar-refractivity contribution in [1.82, 2.24) is 0 Å². The largest absolute Gasteiger partial charge is 0.147 e. The van der Waals surface area contributed by atoms with E-state index in [1.165, 1.54) is 6.42 Å². The van der Waals surface area contributed by atoms with Crippen molar-refractivity contribution >= 4 is 63.7 Å². The molecule has 1 rings (SSSR count). The van der Waals surface area contributed by atoms with Gasteiger partial charge in [0, 0.05) is 0 Å². The van der Waals surface area contributed by atoms with Crippen LogP contribution in [0.4, 0.5) is 0 Å². The molecule has 66 valence electrons. The molecule has 0 heterocycles. The molecule has 0 bridgehead atoms. The molecular weight excluding hydrogens is 404 g/mol. The van der Waals surface area contributed by atoms with Gasteiger partial charge in [-0.15, -0.1) is 0 Å². The van der Waals surface area contributed by atoms with Crippen LogP contribution in [0.1, 0.15) is 20.3 Å². The predicted molar refractivity (Wildman–Crippen MR) is 64.1 cm³/mol. The Balaban J connectivity index is 2.52. The summed E-state index contributed by atoms with van der Waals surface area (Å²) >= 11 is 14.2. The van der Waals surface area contributed by atoms with Gasteiger partial charge in [-0.05, 0) is 17.8 Å². The van der Waals surface area contributed by atoms with E-state index in [0.29, 0.717) is 10.2 Å². The van der Waals surface area contributed by atoms with Gasteiger partial charge in [-0.25, -0.2) is 0 Å². The van der Waals surface area contributed by atoms with Gasteiger partial charge in [-0.2, -0.15) is 0 Å². The van der Waals surface area contributed by atoms with Gasteiger partial charge in [0.1, 0.15) is 2.14 Å². The molecule has 0 spiro atoms. The molecule has 0 aliphatic heterocycles. The molecule has 0 radical (unpaired) electrons. The summed E-state index contributed by atoms with van der Waals surface area (Å²) < 4.78 is -0.147. The quantitative estimate of drug-likeness (QED) is 0.550. The molecule has 0 unspecified atom stereocenters. The summed E-state index contributed by atoms with van der Waals surface area (Å²) in [5.74, 6) is 0.751. The van der Waals surface area contributed by atoms with E-state index in [9.17, 15) is 0 Å². The van der Waals surface area contributed by atoms with E-state index in [4.69, 9.17) is 0 Å². The highest BCUT2D eigenvalue weighted by Gasteiger charge is 2.53. The predicted octanol–water partition coefficient (Wildman–Crippen LogP) is 4.63. The second-order valence-electron chi connectivity index (χ2n) is 3.74. The van der Waals surface area contributed by atoms with E-state index in [-0.39, 0.29) is 2.14 Å². The lowest BCUT2D eigenvalue weighted by Crippen LogP contribution is -2.21. The van der Waals surface area contributed by atoms with Gasteiger partial charge in [-0.1, -0.05) is 77.6 Å². The van der Waals surface area contributed by atoms with Gasteiger partial charge in [0.15, 0.2) is 0 Å². The summed E-state index contributed by atoms with van der Waals surface area (Å²) in [7, 11) is 0. The standard InChI is InChI=1S/C7H10Br4/c1-6(2)3-4(6)5(8)7(9,10)11/h4-5H,3H2,1-2H3/t4-,5+/m0/s1. The van der Waals surface area contributed by atoms with Gasteiger partial charge in [0.25, 0.3) is 0 Å². The number of hydrogen-bond acceptors (Lipinski definition) is 0. The molecule has 0 aromatic rings. The molecule has 4 heteroatoms. The molecular formula is C7H10Br4. The fraction of sp³-hybridized carbons (Fsp3) is 1.00. The normalized spacial score (nSPS) is 31.6. The van der Waals surface area contributed by atoms with E-state index < -0.39 is 0 Å². The van der Waals surface area contributed by atoms with Crippen LogP contribution in [0.15, 0.2) is 0 Å². The zero-order chi connectivity index (χ0) is 8.86. The average Bonchev–Trinajstić information content (AvgIpc) is 2.36. The maximum atomic E-state index is 3.66. The number of rotatable bonds is 1. The SMILES string of the molecule is CC1(C)C[C@H]1[C@@H](Br)C(Br)(Br)Br. The molecule has 0 amide bonds. The Morgan fingerprint density at radius 1 is 1.36 bits per heavy atom. The van der Waals surface area contributed by atoms with Gasteiger partial charge < -0.3 is 0 Å². The highest BCUT2D eigenvalue weighted by molar-refractivity contribution is 9.40. The van der Waals surface area contributed by atoms with Crippen LogP contribution in [-0.2, 0) is 0 Å². The molecule has 0 aromatic carbocycles. The van der Waals surface area contributed by atoms with Crippen LogP contribution in [0.3, 0.4) is 0 Å². The zero-order valence-corrected chi connectivity index (χ0v) is 12.7. The minimum absolute atomic E-state index is 0.147. The maximum absolute atomic E-state index is 3.66. The summed E-state index contributed by atoms with van der Waals surface area (Å²) in [6.45, 7) is 4.59. The van der Waals surface area contributed by atoms with Gasteiger partial charge >= 0.3 is 0 Å². The Morgan fingerprint density at radius 3 is 1.82 bits per heavy atom. The monoisotopic (exact) mass is 410 g/mol. The lowest BCUT2D eigenvalue weighted by Gasteiger charge is -2.20. The van der Waals surface area contributed by atoms with Crippen molar-refractivity contribution in [3.63, 3.8) is 0 Å². The van der Waals surface area contributed by atoms with Crippen LogP contribution in [0.25, 0.3) is 0 Å². The van der Waals surface area contributed by atoms with Crippen LogP contribution in [0.5, 0.6) is 0 Å². The second-order valence-corrected chi connectivity index (χ2v) is 11.7. The minimum atomic E-state index is -0.147. The van der Waals surface area contributed by atoms with E-state index in [0.717, 1.165) is 5.92 Å². The molecule has 0 N–H and O–H groups in total. The Bertz CT molecular complexity index is 158. The topological polar surface area (TPSA) is 0 Å². The van der Waals surface area contributed by atoms with Crippen molar-refractivity contribution < 1.29 is 0 Å². The average molecular weight is 414 g/mol. The third-order valence-corrected chi connectivity index (χ3v) is 6.90. The van der Waals surface area contributed by atoms with Crippen LogP contribution >= 0.6 is 63.7 Å². The van der Waals surface area contributed by atoms with E-state index in [1.807, 2.05) is 0 Å². The number of hydrogen-bond donors (Lipinski definition) is 0. The molecule has 1 aliphatic carbocycles. The lowest BCUT2D eigenvalue weighted by molar-refractivity contribution is 0.556. The van der Waals surface area contributed by atoms with Crippen molar-refractivity contribution in [2.45, 2.75) is 27.2 Å². The summed E-state index contributed by atoms with van der Waals surface area (Å²) in [5.41, 5.74) is 0.509. The first-order valence-electron chi connectivity index (χ1n) is 3.46. The lowest BCUT2D eigenvalue weighted by atomic mass is 10.1. The van der Waals surface area contributed by atoms with E-state index in [1.54, 1.807) is 0 Å². The summed E-state index contributed by atoms with van der Waals surface area (Å²) in [5, 5.41) is 0. The van der Waals surface area contributed by atoms with Crippen molar-refractivity contribution in [2.24, 2.45) is 11.3 Å². The first-order valence-corrected chi connectivity index (χ1v) is 6.75. The Hall–Kier alpha value is 1.92. The van der Waals surface area contributed by atoms with Gasteiger partial charge in [0.2, 0.25) is 0 Å². The molecule has 0 aromatic heterocycles. The summed E-state index contributed by atoms with van der Waals surface area (Å²) in [6.07, 6.45) is 1.30. The van der Waals surface area contributed by atoms with Crippen LogP contribution in [0, 0.1) is 11.3 Å². The summed E-state index contributed by atoms with van der Waals surface area (Å²) in [6, 6.07) is 0. The minimum Gasteiger partial charge on any atom is -0.0853 e. The molecule has 1 saturated carbocycles. The second kappa shape index (κ2) is 3.25. The highest BCUT2D eigenvalue weighted by atomic mass is 80.0. The van der Waals surface area contributed by atoms with Crippen LogP contribution in [-0.4, -0.2) is 6.97 Å². The fourth-order valence-corrected chi connectivity index (χ4v) is 3.10. The first-order chi connectivity index (χ1) is 4.75. The Kier molecular flexibility index (Phi) is 3.25.